The zero-order valence-electron chi connectivity index (χ0n) is 17.0. The third-order valence-corrected chi connectivity index (χ3v) is 6.24. The molecule has 0 amide bonds. The van der Waals surface area contributed by atoms with Crippen LogP contribution < -0.4 is 9.47 Å². The minimum Gasteiger partial charge on any atom is -0.497 e. The van der Waals surface area contributed by atoms with Crippen LogP contribution in [0, 0.1) is 5.92 Å². The van der Waals surface area contributed by atoms with Gasteiger partial charge in [0.2, 0.25) is 0 Å². The van der Waals surface area contributed by atoms with Crippen LogP contribution in [0.3, 0.4) is 0 Å². The molecule has 146 valence electrons. The van der Waals surface area contributed by atoms with Gasteiger partial charge < -0.3 is 14.0 Å². The Bertz CT molecular complexity index is 1030. The number of rotatable bonds is 6. The van der Waals surface area contributed by atoms with E-state index in [1.807, 2.05) is 12.1 Å². The minimum absolute atomic E-state index is 0.00665. The number of fused-ring (bicyclic) bond motifs is 1. The monoisotopic (exact) mass is 377 g/mol. The number of carbonyl (C=O) groups excluding carboxylic acids is 1. The number of hydrogen-bond donors (Lipinski definition) is 0. The van der Waals surface area contributed by atoms with E-state index in [4.69, 9.17) is 9.47 Å². The van der Waals surface area contributed by atoms with Gasteiger partial charge in [0.15, 0.2) is 5.78 Å². The number of carbonyl (C=O) groups is 1. The number of aromatic nitrogens is 1. The molecule has 4 nitrogen and oxygen atoms in total. The molecule has 0 bridgehead atoms. The van der Waals surface area contributed by atoms with E-state index in [1.54, 1.807) is 20.3 Å². The first-order chi connectivity index (χ1) is 13.6. The van der Waals surface area contributed by atoms with Gasteiger partial charge in [0.05, 0.1) is 19.8 Å². The zero-order chi connectivity index (χ0) is 19.8. The van der Waals surface area contributed by atoms with Crippen molar-refractivity contribution in [3.05, 3.63) is 59.3 Å². The van der Waals surface area contributed by atoms with E-state index in [1.165, 1.54) is 22.2 Å². The van der Waals surface area contributed by atoms with Gasteiger partial charge in [-0.15, -0.1) is 0 Å². The Morgan fingerprint density at radius 2 is 1.89 bits per heavy atom. The second-order valence-corrected chi connectivity index (χ2v) is 7.59. The Kier molecular flexibility index (Phi) is 4.88. The predicted molar refractivity (Wildman–Crippen MR) is 112 cm³/mol. The molecule has 0 radical (unpaired) electrons. The highest BCUT2D eigenvalue weighted by atomic mass is 16.5. The molecule has 4 heteroatoms. The molecule has 4 rings (SSSR count). The molecule has 2 unspecified atom stereocenters. The lowest BCUT2D eigenvalue weighted by Crippen LogP contribution is -2.31. The Labute approximate surface area is 166 Å². The standard InChI is InChI=1S/C24H27NO3/c1-5-17-13-16-12-15(6-10-22(16)25(17)2)19-8-9-20(19)24(26)21-14-18(27-3)7-11-23(21)28-4/h6-7,10-14,19-20H,5,8-9H2,1-4H3. The highest BCUT2D eigenvalue weighted by molar-refractivity contribution is 6.02. The van der Waals surface area contributed by atoms with E-state index >= 15 is 0 Å². The number of benzene rings is 2. The summed E-state index contributed by atoms with van der Waals surface area (Å²) in [7, 11) is 5.33. The van der Waals surface area contributed by atoms with E-state index in [9.17, 15) is 4.79 Å². The van der Waals surface area contributed by atoms with Crippen molar-refractivity contribution in [1.82, 2.24) is 4.57 Å². The summed E-state index contributed by atoms with van der Waals surface area (Å²) in [5.74, 6) is 1.70. The van der Waals surface area contributed by atoms with Crippen LogP contribution in [0.25, 0.3) is 10.9 Å². The van der Waals surface area contributed by atoms with Crippen LogP contribution in [0.5, 0.6) is 11.5 Å². The Morgan fingerprint density at radius 1 is 1.07 bits per heavy atom. The molecule has 0 spiro atoms. The molecule has 0 N–H and O–H groups in total. The van der Waals surface area contributed by atoms with Gasteiger partial charge in [-0.05, 0) is 67.1 Å². The number of Topliss-reactive ketones (excluding diaryl/α,β-unsaturated/α-hetero) is 1. The largest absolute Gasteiger partial charge is 0.497 e. The molecule has 0 saturated heterocycles. The van der Waals surface area contributed by atoms with Crippen molar-refractivity contribution in [2.75, 3.05) is 14.2 Å². The van der Waals surface area contributed by atoms with E-state index < -0.39 is 0 Å². The summed E-state index contributed by atoms with van der Waals surface area (Å²) < 4.78 is 13.0. The fraction of sp³-hybridized carbons (Fsp3) is 0.375. The van der Waals surface area contributed by atoms with Gasteiger partial charge in [0.25, 0.3) is 0 Å². The molecule has 0 aliphatic heterocycles. The van der Waals surface area contributed by atoms with Crippen LogP contribution in [-0.4, -0.2) is 24.6 Å². The number of aryl methyl sites for hydroxylation is 2. The fourth-order valence-corrected chi connectivity index (χ4v) is 4.41. The summed E-state index contributed by atoms with van der Waals surface area (Å²) in [5, 5.41) is 1.26. The quantitative estimate of drug-likeness (QED) is 0.559. The van der Waals surface area contributed by atoms with E-state index in [-0.39, 0.29) is 17.6 Å². The normalized spacial score (nSPS) is 18.7. The fourth-order valence-electron chi connectivity index (χ4n) is 4.41. The first-order valence-corrected chi connectivity index (χ1v) is 9.91. The molecular formula is C24H27NO3. The van der Waals surface area contributed by atoms with Gasteiger partial charge >= 0.3 is 0 Å². The van der Waals surface area contributed by atoms with Gasteiger partial charge in [-0.3, -0.25) is 4.79 Å². The molecule has 1 aromatic heterocycles. The third kappa shape index (κ3) is 2.97. The molecule has 1 heterocycles. The smallest absolute Gasteiger partial charge is 0.170 e. The van der Waals surface area contributed by atoms with Crippen molar-refractivity contribution in [1.29, 1.82) is 0 Å². The zero-order valence-corrected chi connectivity index (χ0v) is 17.0. The van der Waals surface area contributed by atoms with Crippen LogP contribution in [-0.2, 0) is 13.5 Å². The molecule has 1 fully saturated rings. The summed E-state index contributed by atoms with van der Waals surface area (Å²) in [4.78, 5) is 13.3. The van der Waals surface area contributed by atoms with E-state index in [2.05, 4.69) is 42.8 Å². The van der Waals surface area contributed by atoms with E-state index in [0.717, 1.165) is 19.3 Å². The van der Waals surface area contributed by atoms with Gasteiger partial charge in [-0.2, -0.15) is 0 Å². The van der Waals surface area contributed by atoms with Crippen molar-refractivity contribution in [3.63, 3.8) is 0 Å². The van der Waals surface area contributed by atoms with Crippen molar-refractivity contribution < 1.29 is 14.3 Å². The van der Waals surface area contributed by atoms with Crippen LogP contribution >= 0.6 is 0 Å². The first kappa shape index (κ1) is 18.6. The second-order valence-electron chi connectivity index (χ2n) is 7.59. The molecule has 1 aliphatic rings. The third-order valence-electron chi connectivity index (χ3n) is 6.24. The lowest BCUT2D eigenvalue weighted by Gasteiger charge is -2.36. The van der Waals surface area contributed by atoms with Crippen molar-refractivity contribution in [2.24, 2.45) is 13.0 Å². The minimum atomic E-state index is -0.00665. The second kappa shape index (κ2) is 7.34. The van der Waals surface area contributed by atoms with Crippen LogP contribution in [0.15, 0.2) is 42.5 Å². The summed E-state index contributed by atoms with van der Waals surface area (Å²) >= 11 is 0. The molecule has 1 saturated carbocycles. The first-order valence-electron chi connectivity index (χ1n) is 9.91. The van der Waals surface area contributed by atoms with Gasteiger partial charge in [0, 0.05) is 29.6 Å². The van der Waals surface area contributed by atoms with Crippen LogP contribution in [0.4, 0.5) is 0 Å². The highest BCUT2D eigenvalue weighted by Gasteiger charge is 2.39. The predicted octanol–water partition coefficient (Wildman–Crippen LogP) is 5.13. The van der Waals surface area contributed by atoms with E-state index in [0.29, 0.717) is 17.1 Å². The number of ether oxygens (including phenoxy) is 2. The Balaban J connectivity index is 1.65. The Hall–Kier alpha value is -2.75. The molecule has 2 atom stereocenters. The van der Waals surface area contributed by atoms with Crippen LogP contribution in [0.2, 0.25) is 0 Å². The Morgan fingerprint density at radius 3 is 2.54 bits per heavy atom. The SMILES string of the molecule is CCc1cc2cc(C3CCC3C(=O)c3cc(OC)ccc3OC)ccc2n1C. The topological polar surface area (TPSA) is 40.5 Å². The maximum atomic E-state index is 13.3. The maximum absolute atomic E-state index is 13.3. The molecule has 2 aromatic carbocycles. The summed E-state index contributed by atoms with van der Waals surface area (Å²) in [6, 6.07) is 14.3. The van der Waals surface area contributed by atoms with Crippen molar-refractivity contribution in [3.8, 4) is 11.5 Å². The average molecular weight is 377 g/mol. The maximum Gasteiger partial charge on any atom is 0.170 e. The molecule has 28 heavy (non-hydrogen) atoms. The van der Waals surface area contributed by atoms with Crippen molar-refractivity contribution in [2.45, 2.75) is 32.1 Å². The van der Waals surface area contributed by atoms with Gasteiger partial charge in [0.1, 0.15) is 11.5 Å². The number of nitrogens with zero attached hydrogens (tertiary/aromatic N) is 1. The number of methoxy groups -OCH3 is 2. The number of ketones is 1. The lowest BCUT2D eigenvalue weighted by atomic mass is 9.67. The lowest BCUT2D eigenvalue weighted by molar-refractivity contribution is 0.0815. The highest BCUT2D eigenvalue weighted by Crippen LogP contribution is 2.46. The summed E-state index contributed by atoms with van der Waals surface area (Å²) in [5.41, 5.74) is 4.45. The molecular weight excluding hydrogens is 350 g/mol. The summed E-state index contributed by atoms with van der Waals surface area (Å²) in [6.45, 7) is 2.18. The van der Waals surface area contributed by atoms with Gasteiger partial charge in [-0.1, -0.05) is 13.0 Å². The average Bonchev–Trinajstić information content (AvgIpc) is 3.01. The number of hydrogen-bond acceptors (Lipinski definition) is 3. The molecule has 3 aromatic rings. The molecule has 1 aliphatic carbocycles. The summed E-state index contributed by atoms with van der Waals surface area (Å²) in [6.07, 6.45) is 2.97. The van der Waals surface area contributed by atoms with Crippen LogP contribution in [0.1, 0.15) is 47.3 Å². The van der Waals surface area contributed by atoms with Crippen molar-refractivity contribution >= 4 is 16.7 Å². The van der Waals surface area contributed by atoms with Gasteiger partial charge in [-0.25, -0.2) is 0 Å².